The van der Waals surface area contributed by atoms with E-state index in [-0.39, 0.29) is 0 Å². The third-order valence-corrected chi connectivity index (χ3v) is 2.95. The van der Waals surface area contributed by atoms with Crippen LogP contribution in [-0.4, -0.2) is 41.0 Å². The quantitative estimate of drug-likeness (QED) is 0.580. The molecule has 0 saturated carbocycles. The number of thioether (sulfide) groups is 1. The molecule has 1 aliphatic rings. The average molecular weight is 231 g/mol. The molecule has 1 N–H and O–H groups in total. The zero-order chi connectivity index (χ0) is 11.3. The lowest BCUT2D eigenvalue weighted by Gasteiger charge is -2.34. The predicted octanol–water partition coefficient (Wildman–Crippen LogP) is 1.11. The van der Waals surface area contributed by atoms with Crippen LogP contribution in [0.3, 0.4) is 0 Å². The van der Waals surface area contributed by atoms with Crippen molar-refractivity contribution >= 4 is 11.8 Å². The minimum atomic E-state index is -0.396. The van der Waals surface area contributed by atoms with Crippen molar-refractivity contribution in [1.82, 2.24) is 10.2 Å². The number of nitrogens with zero attached hydrogens (tertiary/aromatic N) is 2. The lowest BCUT2D eigenvalue weighted by molar-refractivity contribution is -0.405. The van der Waals surface area contributed by atoms with E-state index in [0.717, 1.165) is 31.5 Å². The highest BCUT2D eigenvalue weighted by Gasteiger charge is 2.20. The third-order valence-electron chi connectivity index (χ3n) is 2.36. The van der Waals surface area contributed by atoms with Gasteiger partial charge in [-0.05, 0) is 19.6 Å². The zero-order valence-corrected chi connectivity index (χ0v) is 9.92. The topological polar surface area (TPSA) is 58.4 Å². The molecule has 0 radical (unpaired) electrons. The summed E-state index contributed by atoms with van der Waals surface area (Å²) in [6.45, 7) is 3.80. The zero-order valence-electron chi connectivity index (χ0n) is 9.10. The molecule has 1 aliphatic heterocycles. The molecule has 1 saturated heterocycles. The molecular formula is C9H17N3O2S. The van der Waals surface area contributed by atoms with Gasteiger partial charge < -0.3 is 10.2 Å². The number of hydrogen-bond donors (Lipinski definition) is 1. The van der Waals surface area contributed by atoms with Gasteiger partial charge in [-0.15, -0.1) is 0 Å². The van der Waals surface area contributed by atoms with E-state index in [4.69, 9.17) is 0 Å². The summed E-state index contributed by atoms with van der Waals surface area (Å²) in [6, 6.07) is 0.321. The minimum Gasteiger partial charge on any atom is -0.364 e. The summed E-state index contributed by atoms with van der Waals surface area (Å²) >= 11 is 1.75. The Morgan fingerprint density at radius 2 is 2.53 bits per heavy atom. The fourth-order valence-corrected chi connectivity index (χ4v) is 1.94. The molecule has 1 unspecified atom stereocenters. The van der Waals surface area contributed by atoms with Crippen LogP contribution in [0.5, 0.6) is 0 Å². The highest BCUT2D eigenvalue weighted by molar-refractivity contribution is 7.98. The molecule has 1 atom stereocenters. The highest BCUT2D eigenvalue weighted by atomic mass is 32.2. The van der Waals surface area contributed by atoms with Gasteiger partial charge in [0.2, 0.25) is 0 Å². The summed E-state index contributed by atoms with van der Waals surface area (Å²) in [5.74, 6) is 1.64. The van der Waals surface area contributed by atoms with E-state index < -0.39 is 4.92 Å². The number of rotatable bonds is 4. The summed E-state index contributed by atoms with van der Waals surface area (Å²) < 4.78 is 0. The fraction of sp³-hybridized carbons (Fsp3) is 0.778. The van der Waals surface area contributed by atoms with Gasteiger partial charge in [-0.3, -0.25) is 10.1 Å². The van der Waals surface area contributed by atoms with Crippen molar-refractivity contribution in [3.63, 3.8) is 0 Å². The van der Waals surface area contributed by atoms with Gasteiger partial charge >= 0.3 is 0 Å². The lowest BCUT2D eigenvalue weighted by Crippen LogP contribution is -2.45. The molecule has 1 rings (SSSR count). The van der Waals surface area contributed by atoms with E-state index in [1.807, 2.05) is 18.1 Å². The van der Waals surface area contributed by atoms with Gasteiger partial charge in [0.25, 0.3) is 6.20 Å². The molecule has 0 aromatic heterocycles. The molecule has 5 nitrogen and oxygen atoms in total. The smallest absolute Gasteiger partial charge is 0.274 e. The van der Waals surface area contributed by atoms with Crippen LogP contribution in [0, 0.1) is 10.1 Å². The van der Waals surface area contributed by atoms with Gasteiger partial charge in [0.15, 0.2) is 5.82 Å². The highest BCUT2D eigenvalue weighted by Crippen LogP contribution is 2.12. The number of nitrogens with one attached hydrogen (secondary N) is 1. The molecule has 1 heterocycles. The average Bonchev–Trinajstić information content (AvgIpc) is 2.16. The SMILES string of the molecule is CSCCN1CCC(C)NC1=C[N+](=O)[O-]. The Hall–Kier alpha value is -0.910. The van der Waals surface area contributed by atoms with Gasteiger partial charge in [0.1, 0.15) is 0 Å². The first-order valence-electron chi connectivity index (χ1n) is 4.99. The molecule has 15 heavy (non-hydrogen) atoms. The van der Waals surface area contributed by atoms with Crippen molar-refractivity contribution in [2.24, 2.45) is 0 Å². The van der Waals surface area contributed by atoms with Gasteiger partial charge in [0, 0.05) is 24.9 Å². The molecule has 0 aromatic carbocycles. The van der Waals surface area contributed by atoms with E-state index in [1.54, 1.807) is 11.8 Å². The van der Waals surface area contributed by atoms with Crippen LogP contribution in [0.1, 0.15) is 13.3 Å². The van der Waals surface area contributed by atoms with Crippen LogP contribution in [-0.2, 0) is 0 Å². The number of hydrogen-bond acceptors (Lipinski definition) is 5. The summed E-state index contributed by atoms with van der Waals surface area (Å²) in [7, 11) is 0. The van der Waals surface area contributed by atoms with Crippen LogP contribution in [0.15, 0.2) is 12.0 Å². The number of nitro groups is 1. The Balaban J connectivity index is 2.62. The molecule has 0 amide bonds. The molecule has 0 spiro atoms. The second-order valence-electron chi connectivity index (χ2n) is 3.61. The normalized spacial score (nSPS) is 24.0. The van der Waals surface area contributed by atoms with E-state index in [0.29, 0.717) is 11.9 Å². The van der Waals surface area contributed by atoms with Gasteiger partial charge in [-0.25, -0.2) is 0 Å². The van der Waals surface area contributed by atoms with E-state index in [9.17, 15) is 10.1 Å². The maximum Gasteiger partial charge on any atom is 0.274 e. The minimum absolute atomic E-state index is 0.321. The fourth-order valence-electron chi connectivity index (χ4n) is 1.54. The van der Waals surface area contributed by atoms with Crippen LogP contribution in [0.25, 0.3) is 0 Å². The predicted molar refractivity (Wildman–Crippen MR) is 62.2 cm³/mol. The van der Waals surface area contributed by atoms with Crippen LogP contribution >= 0.6 is 11.8 Å². The Labute approximate surface area is 94.0 Å². The van der Waals surface area contributed by atoms with E-state index >= 15 is 0 Å². The first kappa shape index (κ1) is 12.2. The summed E-state index contributed by atoms with van der Waals surface area (Å²) in [6.07, 6.45) is 4.14. The van der Waals surface area contributed by atoms with Crippen LogP contribution < -0.4 is 5.32 Å². The molecule has 0 aliphatic carbocycles. The molecule has 0 bridgehead atoms. The van der Waals surface area contributed by atoms with Crippen molar-refractivity contribution in [1.29, 1.82) is 0 Å². The van der Waals surface area contributed by atoms with Crippen LogP contribution in [0.4, 0.5) is 0 Å². The summed E-state index contributed by atoms with van der Waals surface area (Å²) in [5.41, 5.74) is 0. The van der Waals surface area contributed by atoms with Crippen molar-refractivity contribution in [2.75, 3.05) is 25.1 Å². The Morgan fingerprint density at radius 1 is 1.80 bits per heavy atom. The van der Waals surface area contributed by atoms with Crippen LogP contribution in [0.2, 0.25) is 0 Å². The maximum absolute atomic E-state index is 10.5. The van der Waals surface area contributed by atoms with Gasteiger partial charge in [-0.1, -0.05) is 0 Å². The molecule has 6 heteroatoms. The lowest BCUT2D eigenvalue weighted by atomic mass is 10.2. The Kier molecular flexibility index (Phi) is 4.74. The summed E-state index contributed by atoms with van der Waals surface area (Å²) in [4.78, 5) is 12.1. The Bertz CT molecular complexity index is 256. The second kappa shape index (κ2) is 5.85. The van der Waals surface area contributed by atoms with Crippen molar-refractivity contribution in [3.8, 4) is 0 Å². The second-order valence-corrected chi connectivity index (χ2v) is 4.60. The largest absolute Gasteiger partial charge is 0.364 e. The summed E-state index contributed by atoms with van der Waals surface area (Å²) in [5, 5.41) is 13.6. The van der Waals surface area contributed by atoms with Crippen molar-refractivity contribution in [2.45, 2.75) is 19.4 Å². The maximum atomic E-state index is 10.5. The monoisotopic (exact) mass is 231 g/mol. The molecule has 86 valence electrons. The Morgan fingerprint density at radius 3 is 3.13 bits per heavy atom. The van der Waals surface area contributed by atoms with Gasteiger partial charge in [-0.2, -0.15) is 11.8 Å². The van der Waals surface area contributed by atoms with Gasteiger partial charge in [0.05, 0.1) is 4.92 Å². The first-order chi connectivity index (χ1) is 7.13. The first-order valence-corrected chi connectivity index (χ1v) is 6.38. The van der Waals surface area contributed by atoms with Crippen molar-refractivity contribution in [3.05, 3.63) is 22.1 Å². The van der Waals surface area contributed by atoms with E-state index in [2.05, 4.69) is 5.32 Å². The van der Waals surface area contributed by atoms with Crippen molar-refractivity contribution < 1.29 is 4.92 Å². The molecule has 1 fully saturated rings. The molecular weight excluding hydrogens is 214 g/mol. The molecule has 0 aromatic rings. The third kappa shape index (κ3) is 3.99. The van der Waals surface area contributed by atoms with E-state index in [1.165, 1.54) is 0 Å². The standard InChI is InChI=1S/C9H17N3O2S/c1-8-3-4-11(5-6-15-2)9(10-8)7-12(13)14/h7-8,10H,3-6H2,1-2H3.